The van der Waals surface area contributed by atoms with Gasteiger partial charge in [-0.15, -0.1) is 11.3 Å². The van der Waals surface area contributed by atoms with Gasteiger partial charge in [-0.1, -0.05) is 17.3 Å². The van der Waals surface area contributed by atoms with Crippen molar-refractivity contribution in [3.63, 3.8) is 0 Å². The molecule has 0 radical (unpaired) electrons. The fourth-order valence-electron chi connectivity index (χ4n) is 3.94. The third-order valence-electron chi connectivity index (χ3n) is 5.87. The maximum Gasteiger partial charge on any atom is 0.416 e. The number of hydrogen-bond acceptors (Lipinski definition) is 8. The van der Waals surface area contributed by atoms with Crippen molar-refractivity contribution in [1.82, 2.24) is 24.9 Å². The molecule has 0 saturated carbocycles. The highest BCUT2D eigenvalue weighted by Crippen LogP contribution is 2.32. The Morgan fingerprint density at radius 3 is 2.65 bits per heavy atom. The van der Waals surface area contributed by atoms with Gasteiger partial charge in [-0.05, 0) is 31.2 Å². The van der Waals surface area contributed by atoms with Crippen LogP contribution in [0.3, 0.4) is 0 Å². The molecule has 1 atom stereocenters. The molecule has 4 heterocycles. The second-order valence-corrected chi connectivity index (χ2v) is 9.00. The number of rotatable bonds is 6. The molecule has 34 heavy (non-hydrogen) atoms. The predicted octanol–water partition coefficient (Wildman–Crippen LogP) is 5.35. The lowest BCUT2D eigenvalue weighted by molar-refractivity contribution is -0.137. The van der Waals surface area contributed by atoms with Gasteiger partial charge in [0.15, 0.2) is 10.8 Å². The number of piperazine rings is 1. The highest BCUT2D eigenvalue weighted by Gasteiger charge is 2.31. The van der Waals surface area contributed by atoms with Gasteiger partial charge in [0.2, 0.25) is 11.7 Å². The third-order valence-corrected chi connectivity index (χ3v) is 6.78. The standard InChI is InChI=1S/C23H22F3N5O2S/c1-15(21-28-20(29-33-21)16-4-2-5-17(12-16)23(24,25)26)31-9-7-30(8-10-31)13-18-14-34-22(27-18)19-6-3-11-32-19/h2-6,11-12,14-15H,7-10,13H2,1H3/t15-/m1/s1. The van der Waals surface area contributed by atoms with Gasteiger partial charge in [-0.2, -0.15) is 18.2 Å². The van der Waals surface area contributed by atoms with E-state index in [4.69, 9.17) is 8.94 Å². The Bertz CT molecular complexity index is 1230. The van der Waals surface area contributed by atoms with Gasteiger partial charge in [-0.3, -0.25) is 9.80 Å². The quantitative estimate of drug-likeness (QED) is 0.362. The van der Waals surface area contributed by atoms with Gasteiger partial charge in [0.1, 0.15) is 0 Å². The maximum absolute atomic E-state index is 13.0. The lowest BCUT2D eigenvalue weighted by atomic mass is 10.1. The summed E-state index contributed by atoms with van der Waals surface area (Å²) in [6.45, 7) is 6.04. The Kier molecular flexibility index (Phi) is 6.24. The predicted molar refractivity (Wildman–Crippen MR) is 120 cm³/mol. The molecule has 1 aromatic carbocycles. The first-order valence-corrected chi connectivity index (χ1v) is 11.7. The Morgan fingerprint density at radius 1 is 1.09 bits per heavy atom. The van der Waals surface area contributed by atoms with E-state index in [1.54, 1.807) is 23.7 Å². The van der Waals surface area contributed by atoms with Gasteiger partial charge in [0, 0.05) is 43.7 Å². The van der Waals surface area contributed by atoms with Crippen LogP contribution in [0.2, 0.25) is 0 Å². The molecule has 7 nitrogen and oxygen atoms in total. The van der Waals surface area contributed by atoms with E-state index in [2.05, 4.69) is 30.3 Å². The van der Waals surface area contributed by atoms with Crippen LogP contribution >= 0.6 is 11.3 Å². The molecule has 0 unspecified atom stereocenters. The number of furan rings is 1. The number of hydrogen-bond donors (Lipinski definition) is 0. The molecule has 1 aliphatic rings. The lowest BCUT2D eigenvalue weighted by Gasteiger charge is -2.36. The van der Waals surface area contributed by atoms with E-state index in [9.17, 15) is 13.2 Å². The summed E-state index contributed by atoms with van der Waals surface area (Å²) in [6.07, 6.45) is -2.78. The first kappa shape index (κ1) is 22.8. The van der Waals surface area contributed by atoms with Crippen LogP contribution in [0.1, 0.15) is 30.1 Å². The summed E-state index contributed by atoms with van der Waals surface area (Å²) < 4.78 is 49.9. The minimum atomic E-state index is -4.42. The summed E-state index contributed by atoms with van der Waals surface area (Å²) in [6, 6.07) is 8.56. The zero-order valence-corrected chi connectivity index (χ0v) is 19.1. The lowest BCUT2D eigenvalue weighted by Crippen LogP contribution is -2.46. The summed E-state index contributed by atoms with van der Waals surface area (Å²) in [5, 5.41) is 6.85. The van der Waals surface area contributed by atoms with Crippen LogP contribution in [0.15, 0.2) is 57.0 Å². The van der Waals surface area contributed by atoms with Crippen molar-refractivity contribution in [2.45, 2.75) is 25.7 Å². The van der Waals surface area contributed by atoms with E-state index < -0.39 is 11.7 Å². The highest BCUT2D eigenvalue weighted by molar-refractivity contribution is 7.13. The van der Waals surface area contributed by atoms with E-state index in [0.29, 0.717) is 5.89 Å². The Balaban J connectivity index is 1.18. The van der Waals surface area contributed by atoms with Crippen LogP contribution in [0, 0.1) is 0 Å². The molecule has 1 saturated heterocycles. The normalized spacial score (nSPS) is 16.7. The average Bonchev–Trinajstić information content (AvgIpc) is 3.60. The average molecular weight is 490 g/mol. The van der Waals surface area contributed by atoms with E-state index in [1.165, 1.54) is 6.07 Å². The summed E-state index contributed by atoms with van der Waals surface area (Å²) in [4.78, 5) is 13.6. The zero-order valence-electron chi connectivity index (χ0n) is 18.3. The number of thiazole rings is 1. The molecule has 4 aromatic rings. The van der Waals surface area contributed by atoms with Crippen LogP contribution in [0.5, 0.6) is 0 Å². The summed E-state index contributed by atoms with van der Waals surface area (Å²) >= 11 is 1.57. The monoisotopic (exact) mass is 489 g/mol. The van der Waals surface area contributed by atoms with Gasteiger partial charge < -0.3 is 8.94 Å². The Labute approximate surface area is 197 Å². The Hall–Kier alpha value is -3.02. The van der Waals surface area contributed by atoms with Crippen molar-refractivity contribution in [3.8, 4) is 22.2 Å². The molecule has 1 fully saturated rings. The van der Waals surface area contributed by atoms with Crippen molar-refractivity contribution >= 4 is 11.3 Å². The molecule has 178 valence electrons. The first-order valence-electron chi connectivity index (χ1n) is 10.8. The van der Waals surface area contributed by atoms with Crippen molar-refractivity contribution in [3.05, 3.63) is 65.2 Å². The van der Waals surface area contributed by atoms with Crippen LogP contribution in [0.4, 0.5) is 13.2 Å². The van der Waals surface area contributed by atoms with Crippen LogP contribution < -0.4 is 0 Å². The first-order chi connectivity index (χ1) is 16.4. The largest absolute Gasteiger partial charge is 0.462 e. The fraction of sp³-hybridized carbons (Fsp3) is 0.348. The smallest absolute Gasteiger partial charge is 0.416 e. The third kappa shape index (κ3) is 4.91. The summed E-state index contributed by atoms with van der Waals surface area (Å²) in [7, 11) is 0. The molecular weight excluding hydrogens is 467 g/mol. The molecule has 1 aliphatic heterocycles. The molecule has 11 heteroatoms. The molecular formula is C23H22F3N5O2S. The molecule has 0 aliphatic carbocycles. The number of alkyl halides is 3. The SMILES string of the molecule is C[C@H](c1nc(-c2cccc(C(F)(F)F)c2)no1)N1CCN(Cc2csc(-c3ccco3)n2)CC1. The number of benzene rings is 1. The van der Waals surface area contributed by atoms with E-state index >= 15 is 0 Å². The summed E-state index contributed by atoms with van der Waals surface area (Å²) in [5.74, 6) is 1.32. The molecule has 3 aromatic heterocycles. The number of nitrogens with zero attached hydrogens (tertiary/aromatic N) is 5. The van der Waals surface area contributed by atoms with Crippen molar-refractivity contribution < 1.29 is 22.1 Å². The van der Waals surface area contributed by atoms with E-state index in [-0.39, 0.29) is 17.4 Å². The fourth-order valence-corrected chi connectivity index (χ4v) is 4.72. The molecule has 0 amide bonds. The van der Waals surface area contributed by atoms with Crippen molar-refractivity contribution in [2.24, 2.45) is 0 Å². The minimum Gasteiger partial charge on any atom is -0.462 e. The second kappa shape index (κ2) is 9.32. The number of halogens is 3. The topological polar surface area (TPSA) is 71.4 Å². The van der Waals surface area contributed by atoms with Crippen LogP contribution in [-0.4, -0.2) is 51.1 Å². The van der Waals surface area contributed by atoms with E-state index in [1.807, 2.05) is 19.1 Å². The Morgan fingerprint density at radius 2 is 1.91 bits per heavy atom. The van der Waals surface area contributed by atoms with E-state index in [0.717, 1.165) is 61.3 Å². The molecule has 0 bridgehead atoms. The maximum atomic E-state index is 13.0. The zero-order chi connectivity index (χ0) is 23.7. The van der Waals surface area contributed by atoms with Crippen LogP contribution in [-0.2, 0) is 12.7 Å². The highest BCUT2D eigenvalue weighted by atomic mass is 32.1. The van der Waals surface area contributed by atoms with Crippen molar-refractivity contribution in [1.29, 1.82) is 0 Å². The van der Waals surface area contributed by atoms with Crippen LogP contribution in [0.25, 0.3) is 22.2 Å². The molecule has 0 N–H and O–H groups in total. The molecule has 0 spiro atoms. The molecule has 5 rings (SSSR count). The second-order valence-electron chi connectivity index (χ2n) is 8.14. The van der Waals surface area contributed by atoms with Gasteiger partial charge in [-0.25, -0.2) is 4.98 Å². The minimum absolute atomic E-state index is 0.140. The van der Waals surface area contributed by atoms with Gasteiger partial charge in [0.25, 0.3) is 0 Å². The summed E-state index contributed by atoms with van der Waals surface area (Å²) in [5.41, 5.74) is 0.552. The van der Waals surface area contributed by atoms with Gasteiger partial charge >= 0.3 is 6.18 Å². The van der Waals surface area contributed by atoms with Gasteiger partial charge in [0.05, 0.1) is 23.6 Å². The number of aromatic nitrogens is 3. The van der Waals surface area contributed by atoms with Crippen molar-refractivity contribution in [2.75, 3.05) is 26.2 Å².